The van der Waals surface area contributed by atoms with E-state index in [9.17, 15) is 24.0 Å². The standard InChI is InChI=1S/C37H45N5O7/c1-37(2)24-33(44)40-29(22-25-11-5-4-6-12-25)35(46)38-18-10-20-49-31-16-8-7-15-28(31)34(45)41-30(23-32(43)42-37)36(47)39-19-17-26-13-9-14-27(21-26)48-3/h4-9,11-16,21,29-30H,10,17-20,22-24H2,1-3H3,(H,38,46)(H,39,47)(H,40,44)(H,41,45)(H,42,43)/t29-,30-/m0/s1. The number of nitrogens with one attached hydrogen (secondary N) is 5. The monoisotopic (exact) mass is 671 g/mol. The molecule has 0 radical (unpaired) electrons. The van der Waals surface area contributed by atoms with Crippen LogP contribution in [0.15, 0.2) is 78.9 Å². The SMILES string of the molecule is COc1cccc(CCNC(=O)[C@@H]2CC(=O)NC(C)(C)CC(=O)N[C@@H](Cc3ccccc3)C(=O)NCCCOc3ccccc3C(=O)N2)c1. The van der Waals surface area contributed by atoms with Gasteiger partial charge in [0, 0.05) is 31.5 Å². The molecule has 0 unspecified atom stereocenters. The molecule has 49 heavy (non-hydrogen) atoms. The summed E-state index contributed by atoms with van der Waals surface area (Å²) in [5.41, 5.74) is 0.960. The maximum absolute atomic E-state index is 13.5. The summed E-state index contributed by atoms with van der Waals surface area (Å²) in [5, 5.41) is 14.0. The van der Waals surface area contributed by atoms with Gasteiger partial charge in [0.2, 0.25) is 23.6 Å². The molecule has 1 heterocycles. The number of amides is 5. The summed E-state index contributed by atoms with van der Waals surface area (Å²) in [4.78, 5) is 66.7. The molecule has 0 saturated heterocycles. The first-order valence-electron chi connectivity index (χ1n) is 16.4. The van der Waals surface area contributed by atoms with E-state index in [1.54, 1.807) is 45.2 Å². The minimum atomic E-state index is -1.23. The highest BCUT2D eigenvalue weighted by atomic mass is 16.5. The summed E-state index contributed by atoms with van der Waals surface area (Å²) in [6.45, 7) is 4.06. The van der Waals surface area contributed by atoms with Crippen LogP contribution in [0, 0.1) is 0 Å². The Morgan fingerprint density at radius 1 is 0.918 bits per heavy atom. The number of carbonyl (C=O) groups excluding carboxylic acids is 5. The van der Waals surface area contributed by atoms with Gasteiger partial charge in [-0.15, -0.1) is 0 Å². The van der Waals surface area contributed by atoms with Gasteiger partial charge in [0.05, 0.1) is 25.7 Å². The minimum Gasteiger partial charge on any atom is -0.497 e. The Hall–Kier alpha value is -5.39. The van der Waals surface area contributed by atoms with E-state index in [0.29, 0.717) is 24.3 Å². The number of fused-ring (bicyclic) bond motifs is 1. The van der Waals surface area contributed by atoms with Crippen molar-refractivity contribution in [3.8, 4) is 11.5 Å². The van der Waals surface area contributed by atoms with Crippen LogP contribution < -0.4 is 36.1 Å². The fourth-order valence-corrected chi connectivity index (χ4v) is 5.46. The molecule has 3 aromatic rings. The highest BCUT2D eigenvalue weighted by molar-refractivity contribution is 6.00. The average Bonchev–Trinajstić information content (AvgIpc) is 3.07. The Morgan fingerprint density at radius 2 is 1.65 bits per heavy atom. The summed E-state index contributed by atoms with van der Waals surface area (Å²) in [5.74, 6) is -1.48. The van der Waals surface area contributed by atoms with E-state index in [0.717, 1.165) is 11.1 Å². The third-order valence-corrected chi connectivity index (χ3v) is 7.88. The van der Waals surface area contributed by atoms with Gasteiger partial charge in [0.15, 0.2) is 0 Å². The summed E-state index contributed by atoms with van der Waals surface area (Å²) < 4.78 is 11.2. The topological polar surface area (TPSA) is 164 Å². The van der Waals surface area contributed by atoms with Crippen LogP contribution in [0.5, 0.6) is 11.5 Å². The molecule has 5 amide bonds. The average molecular weight is 672 g/mol. The Labute approximate surface area is 286 Å². The zero-order valence-electron chi connectivity index (χ0n) is 28.2. The lowest BCUT2D eigenvalue weighted by Crippen LogP contribution is -2.54. The highest BCUT2D eigenvalue weighted by Crippen LogP contribution is 2.19. The van der Waals surface area contributed by atoms with E-state index >= 15 is 0 Å². The van der Waals surface area contributed by atoms with Crippen molar-refractivity contribution in [1.82, 2.24) is 26.6 Å². The molecule has 1 aliphatic rings. The number of methoxy groups -OCH3 is 1. The molecule has 5 N–H and O–H groups in total. The number of ether oxygens (including phenoxy) is 2. The van der Waals surface area contributed by atoms with Gasteiger partial charge in [0.1, 0.15) is 23.6 Å². The molecule has 260 valence electrons. The minimum absolute atomic E-state index is 0.137. The number of carbonyl (C=O) groups is 5. The summed E-state index contributed by atoms with van der Waals surface area (Å²) in [6, 6.07) is 21.3. The summed E-state index contributed by atoms with van der Waals surface area (Å²) in [7, 11) is 1.58. The van der Waals surface area contributed by atoms with E-state index in [-0.39, 0.29) is 50.4 Å². The van der Waals surface area contributed by atoms with Crippen LogP contribution in [0.2, 0.25) is 0 Å². The van der Waals surface area contributed by atoms with Crippen molar-refractivity contribution in [2.24, 2.45) is 0 Å². The summed E-state index contributed by atoms with van der Waals surface area (Å²) >= 11 is 0. The van der Waals surface area contributed by atoms with Crippen molar-refractivity contribution in [2.45, 2.75) is 63.6 Å². The van der Waals surface area contributed by atoms with Crippen molar-refractivity contribution in [3.63, 3.8) is 0 Å². The Kier molecular flexibility index (Phi) is 13.1. The van der Waals surface area contributed by atoms with Gasteiger partial charge >= 0.3 is 0 Å². The largest absolute Gasteiger partial charge is 0.497 e. The van der Waals surface area contributed by atoms with Gasteiger partial charge in [-0.05, 0) is 62.1 Å². The predicted molar refractivity (Wildman–Crippen MR) is 184 cm³/mol. The Balaban J connectivity index is 1.53. The number of rotatable bonds is 7. The van der Waals surface area contributed by atoms with Crippen molar-refractivity contribution in [3.05, 3.63) is 95.6 Å². The molecular formula is C37H45N5O7. The first kappa shape index (κ1) is 36.4. The molecule has 0 bridgehead atoms. The second-order valence-electron chi connectivity index (χ2n) is 12.5. The van der Waals surface area contributed by atoms with Gasteiger partial charge < -0.3 is 36.1 Å². The van der Waals surface area contributed by atoms with Gasteiger partial charge in [-0.3, -0.25) is 24.0 Å². The molecule has 0 fully saturated rings. The molecule has 12 heteroatoms. The van der Waals surface area contributed by atoms with E-state index in [4.69, 9.17) is 9.47 Å². The normalized spacial score (nSPS) is 19.2. The predicted octanol–water partition coefficient (Wildman–Crippen LogP) is 2.45. The molecule has 1 aliphatic heterocycles. The highest BCUT2D eigenvalue weighted by Gasteiger charge is 2.31. The second kappa shape index (κ2) is 17.7. The molecule has 2 atom stereocenters. The van der Waals surface area contributed by atoms with Crippen molar-refractivity contribution >= 4 is 29.5 Å². The van der Waals surface area contributed by atoms with E-state index in [1.165, 1.54) is 0 Å². The zero-order valence-corrected chi connectivity index (χ0v) is 28.2. The maximum atomic E-state index is 13.5. The number of para-hydroxylation sites is 1. The molecule has 0 saturated carbocycles. The van der Waals surface area contributed by atoms with E-state index in [2.05, 4.69) is 26.6 Å². The first-order chi connectivity index (χ1) is 23.5. The van der Waals surface area contributed by atoms with Gasteiger partial charge in [-0.1, -0.05) is 54.6 Å². The third-order valence-electron chi connectivity index (χ3n) is 7.88. The van der Waals surface area contributed by atoms with Crippen molar-refractivity contribution in [2.75, 3.05) is 26.8 Å². The molecule has 0 spiro atoms. The van der Waals surface area contributed by atoms with E-state index in [1.807, 2.05) is 54.6 Å². The van der Waals surface area contributed by atoms with Crippen LogP contribution in [0.3, 0.4) is 0 Å². The summed E-state index contributed by atoms with van der Waals surface area (Å²) in [6.07, 6.45) is 0.679. The lowest BCUT2D eigenvalue weighted by Gasteiger charge is -2.28. The molecule has 4 rings (SSSR count). The van der Waals surface area contributed by atoms with Gasteiger partial charge in [-0.2, -0.15) is 0 Å². The van der Waals surface area contributed by atoms with Crippen LogP contribution >= 0.6 is 0 Å². The Morgan fingerprint density at radius 3 is 2.43 bits per heavy atom. The quantitative estimate of drug-likeness (QED) is 0.258. The molecule has 3 aromatic carbocycles. The van der Waals surface area contributed by atoms with Gasteiger partial charge in [0.25, 0.3) is 5.91 Å². The number of hydrogen-bond acceptors (Lipinski definition) is 7. The fraction of sp³-hybridized carbons (Fsp3) is 0.378. The third kappa shape index (κ3) is 11.7. The molecule has 0 aromatic heterocycles. The van der Waals surface area contributed by atoms with Crippen molar-refractivity contribution < 1.29 is 33.4 Å². The van der Waals surface area contributed by atoms with E-state index < -0.39 is 41.3 Å². The number of benzene rings is 3. The van der Waals surface area contributed by atoms with Crippen LogP contribution in [0.4, 0.5) is 0 Å². The lowest BCUT2D eigenvalue weighted by atomic mass is 9.98. The second-order valence-corrected chi connectivity index (χ2v) is 12.5. The van der Waals surface area contributed by atoms with Crippen LogP contribution in [-0.4, -0.2) is 74.0 Å². The first-order valence-corrected chi connectivity index (χ1v) is 16.4. The zero-order chi connectivity index (χ0) is 35.2. The molecular weight excluding hydrogens is 626 g/mol. The van der Waals surface area contributed by atoms with Crippen LogP contribution in [0.25, 0.3) is 0 Å². The number of hydrogen-bond donors (Lipinski definition) is 5. The Bertz CT molecular complexity index is 1610. The molecule has 0 aliphatic carbocycles. The lowest BCUT2D eigenvalue weighted by molar-refractivity contribution is -0.131. The molecule has 12 nitrogen and oxygen atoms in total. The van der Waals surface area contributed by atoms with Crippen LogP contribution in [0.1, 0.15) is 54.6 Å². The van der Waals surface area contributed by atoms with Crippen LogP contribution in [-0.2, 0) is 32.0 Å². The maximum Gasteiger partial charge on any atom is 0.255 e. The van der Waals surface area contributed by atoms with Gasteiger partial charge in [-0.25, -0.2) is 0 Å². The smallest absolute Gasteiger partial charge is 0.255 e. The van der Waals surface area contributed by atoms with Crippen molar-refractivity contribution in [1.29, 1.82) is 0 Å². The fourth-order valence-electron chi connectivity index (χ4n) is 5.46.